The molecule has 0 amide bonds. The molecule has 0 saturated heterocycles. The van der Waals surface area contributed by atoms with Gasteiger partial charge in [0, 0.05) is 6.61 Å². The highest BCUT2D eigenvalue weighted by atomic mass is 16.5. The van der Waals surface area contributed by atoms with E-state index in [-0.39, 0.29) is 6.61 Å². The Morgan fingerprint density at radius 1 is 0.769 bits per heavy atom. The highest BCUT2D eigenvalue weighted by Crippen LogP contribution is 2.08. The van der Waals surface area contributed by atoms with E-state index < -0.39 is 12.4 Å². The van der Waals surface area contributed by atoms with Crippen molar-refractivity contribution in [2.24, 2.45) is 0 Å². The number of hydrogen-bond acceptors (Lipinski definition) is 4. The average molecular weight is 192 g/mol. The fourth-order valence-electron chi connectivity index (χ4n) is 1.14. The van der Waals surface area contributed by atoms with E-state index in [1.165, 1.54) is 0 Å². The lowest BCUT2D eigenvalue weighted by Crippen LogP contribution is -2.24. The summed E-state index contributed by atoms with van der Waals surface area (Å²) in [4.78, 5) is 0. The SMILES string of the molecule is OCCCCCCCC(O)C(O)O. The van der Waals surface area contributed by atoms with E-state index in [2.05, 4.69) is 0 Å². The molecule has 0 saturated carbocycles. The molecule has 0 rings (SSSR count). The van der Waals surface area contributed by atoms with E-state index in [0.29, 0.717) is 6.42 Å². The maximum absolute atomic E-state index is 8.99. The first kappa shape index (κ1) is 12.8. The predicted molar refractivity (Wildman–Crippen MR) is 49.0 cm³/mol. The van der Waals surface area contributed by atoms with Crippen LogP contribution in [0.25, 0.3) is 0 Å². The van der Waals surface area contributed by atoms with Gasteiger partial charge in [-0.2, -0.15) is 0 Å². The topological polar surface area (TPSA) is 80.9 Å². The first-order valence-corrected chi connectivity index (χ1v) is 4.83. The molecule has 80 valence electrons. The Morgan fingerprint density at radius 2 is 1.31 bits per heavy atom. The van der Waals surface area contributed by atoms with Crippen LogP contribution in [0.2, 0.25) is 0 Å². The third-order valence-corrected chi connectivity index (χ3v) is 2.00. The summed E-state index contributed by atoms with van der Waals surface area (Å²) >= 11 is 0. The standard InChI is InChI=1S/C9H20O4/c10-7-5-3-1-2-4-6-8(11)9(12)13/h8-13H,1-7H2. The van der Waals surface area contributed by atoms with Gasteiger partial charge in [0.2, 0.25) is 0 Å². The third kappa shape index (κ3) is 8.18. The van der Waals surface area contributed by atoms with E-state index in [4.69, 9.17) is 20.4 Å². The van der Waals surface area contributed by atoms with Gasteiger partial charge in [0.25, 0.3) is 0 Å². The van der Waals surface area contributed by atoms with Crippen molar-refractivity contribution in [3.8, 4) is 0 Å². The second-order valence-corrected chi connectivity index (χ2v) is 3.26. The molecular formula is C9H20O4. The molecule has 1 unspecified atom stereocenters. The summed E-state index contributed by atoms with van der Waals surface area (Å²) < 4.78 is 0. The monoisotopic (exact) mass is 192 g/mol. The fraction of sp³-hybridized carbons (Fsp3) is 1.00. The van der Waals surface area contributed by atoms with E-state index in [9.17, 15) is 0 Å². The van der Waals surface area contributed by atoms with E-state index in [0.717, 1.165) is 32.1 Å². The minimum atomic E-state index is -1.61. The van der Waals surface area contributed by atoms with Gasteiger partial charge >= 0.3 is 0 Å². The second-order valence-electron chi connectivity index (χ2n) is 3.26. The van der Waals surface area contributed by atoms with Gasteiger partial charge in [-0.05, 0) is 12.8 Å². The molecule has 0 bridgehead atoms. The normalized spacial score (nSPS) is 13.6. The second kappa shape index (κ2) is 8.44. The third-order valence-electron chi connectivity index (χ3n) is 2.00. The van der Waals surface area contributed by atoms with Gasteiger partial charge < -0.3 is 20.4 Å². The highest BCUT2D eigenvalue weighted by molar-refractivity contribution is 4.56. The van der Waals surface area contributed by atoms with Gasteiger partial charge in [-0.1, -0.05) is 25.7 Å². The minimum Gasteiger partial charge on any atom is -0.396 e. The molecule has 0 aromatic heterocycles. The summed E-state index contributed by atoms with van der Waals surface area (Å²) in [6.45, 7) is 0.234. The van der Waals surface area contributed by atoms with Crippen molar-refractivity contribution < 1.29 is 20.4 Å². The van der Waals surface area contributed by atoms with Crippen molar-refractivity contribution in [1.82, 2.24) is 0 Å². The largest absolute Gasteiger partial charge is 0.396 e. The Kier molecular flexibility index (Phi) is 8.33. The molecule has 1 atom stereocenters. The maximum atomic E-state index is 8.99. The van der Waals surface area contributed by atoms with Crippen LogP contribution in [0.15, 0.2) is 0 Å². The molecule has 0 heterocycles. The van der Waals surface area contributed by atoms with Gasteiger partial charge in [0.05, 0.1) is 0 Å². The van der Waals surface area contributed by atoms with E-state index >= 15 is 0 Å². The van der Waals surface area contributed by atoms with Crippen LogP contribution in [0.4, 0.5) is 0 Å². The van der Waals surface area contributed by atoms with Crippen molar-refractivity contribution in [3.05, 3.63) is 0 Å². The summed E-state index contributed by atoms with van der Waals surface area (Å²) in [5, 5.41) is 34.5. The van der Waals surface area contributed by atoms with Crippen molar-refractivity contribution in [1.29, 1.82) is 0 Å². The van der Waals surface area contributed by atoms with Crippen LogP contribution >= 0.6 is 0 Å². The highest BCUT2D eigenvalue weighted by Gasteiger charge is 2.10. The number of hydrogen-bond donors (Lipinski definition) is 4. The fourth-order valence-corrected chi connectivity index (χ4v) is 1.14. The van der Waals surface area contributed by atoms with Crippen molar-refractivity contribution >= 4 is 0 Å². The maximum Gasteiger partial charge on any atom is 0.178 e. The summed E-state index contributed by atoms with van der Waals surface area (Å²) in [6.07, 6.45) is 2.40. The van der Waals surface area contributed by atoms with Crippen LogP contribution in [-0.2, 0) is 0 Å². The Balaban J connectivity index is 3.07. The number of aliphatic hydroxyl groups is 4. The zero-order chi connectivity index (χ0) is 10.1. The van der Waals surface area contributed by atoms with Gasteiger partial charge in [-0.15, -0.1) is 0 Å². The molecule has 0 aromatic carbocycles. The van der Waals surface area contributed by atoms with Crippen molar-refractivity contribution in [2.75, 3.05) is 6.61 Å². The summed E-state index contributed by atoms with van der Waals surface area (Å²) in [5.74, 6) is 0. The van der Waals surface area contributed by atoms with Crippen LogP contribution < -0.4 is 0 Å². The van der Waals surface area contributed by atoms with Crippen LogP contribution in [-0.4, -0.2) is 39.4 Å². The van der Waals surface area contributed by atoms with Gasteiger partial charge in [0.15, 0.2) is 6.29 Å². The molecule has 0 radical (unpaired) electrons. The first-order valence-electron chi connectivity index (χ1n) is 4.83. The molecule has 0 aliphatic rings. The molecule has 13 heavy (non-hydrogen) atoms. The van der Waals surface area contributed by atoms with Gasteiger partial charge in [-0.25, -0.2) is 0 Å². The summed E-state index contributed by atoms with van der Waals surface area (Å²) in [7, 11) is 0. The molecule has 0 fully saturated rings. The first-order chi connectivity index (χ1) is 6.18. The molecule has 0 aliphatic carbocycles. The summed E-state index contributed by atoms with van der Waals surface area (Å²) in [6, 6.07) is 0. The number of rotatable bonds is 8. The molecular weight excluding hydrogens is 172 g/mol. The van der Waals surface area contributed by atoms with Crippen LogP contribution in [0, 0.1) is 0 Å². The quantitative estimate of drug-likeness (QED) is 0.322. The van der Waals surface area contributed by atoms with Crippen molar-refractivity contribution in [3.63, 3.8) is 0 Å². The van der Waals surface area contributed by atoms with E-state index in [1.807, 2.05) is 0 Å². The van der Waals surface area contributed by atoms with Crippen molar-refractivity contribution in [2.45, 2.75) is 50.9 Å². The number of aliphatic hydroxyl groups excluding tert-OH is 3. The average Bonchev–Trinajstić information content (AvgIpc) is 2.10. The lowest BCUT2D eigenvalue weighted by Gasteiger charge is -2.11. The smallest absolute Gasteiger partial charge is 0.178 e. The molecule has 0 spiro atoms. The molecule has 0 aliphatic heterocycles. The molecule has 0 aromatic rings. The number of unbranched alkanes of at least 4 members (excludes halogenated alkanes) is 4. The van der Waals surface area contributed by atoms with Gasteiger partial charge in [-0.3, -0.25) is 0 Å². The Labute approximate surface area is 78.8 Å². The Hall–Kier alpha value is -0.160. The summed E-state index contributed by atoms with van der Waals surface area (Å²) in [5.41, 5.74) is 0. The Bertz CT molecular complexity index is 106. The van der Waals surface area contributed by atoms with E-state index in [1.54, 1.807) is 0 Å². The Morgan fingerprint density at radius 3 is 1.85 bits per heavy atom. The predicted octanol–water partition coefficient (Wildman–Crippen LogP) is -0.00910. The minimum absolute atomic E-state index is 0.234. The van der Waals surface area contributed by atoms with Gasteiger partial charge in [0.1, 0.15) is 6.10 Å². The molecule has 4 nitrogen and oxygen atoms in total. The van der Waals surface area contributed by atoms with Crippen LogP contribution in [0.1, 0.15) is 38.5 Å². The van der Waals surface area contributed by atoms with Crippen LogP contribution in [0.3, 0.4) is 0 Å². The molecule has 4 N–H and O–H groups in total. The zero-order valence-corrected chi connectivity index (χ0v) is 7.89. The zero-order valence-electron chi connectivity index (χ0n) is 7.89. The lowest BCUT2D eigenvalue weighted by molar-refractivity contribution is -0.124. The lowest BCUT2D eigenvalue weighted by atomic mass is 10.1. The van der Waals surface area contributed by atoms with Crippen LogP contribution in [0.5, 0.6) is 0 Å². The molecule has 4 heteroatoms.